The standard InChI is InChI=1S/C11H18O/c1-9-5-7-10(8-6-9)11(2,3)12-4/h5,10H,7-8H2,1-4H3/t10-/m0/s1. The molecule has 12 heavy (non-hydrogen) atoms. The number of allylic oxidation sites excluding steroid dienone is 2. The third-order valence-electron chi connectivity index (χ3n) is 2.85. The predicted molar refractivity (Wildman–Crippen MR) is 50.8 cm³/mol. The third kappa shape index (κ3) is 2.10. The van der Waals surface area contributed by atoms with E-state index in [1.54, 1.807) is 7.11 Å². The fourth-order valence-electron chi connectivity index (χ4n) is 1.45. The van der Waals surface area contributed by atoms with E-state index in [1.165, 1.54) is 5.57 Å². The Labute approximate surface area is 75.8 Å². The lowest BCUT2D eigenvalue weighted by molar-refractivity contribution is -0.0280. The normalized spacial score (nSPS) is 25.3. The summed E-state index contributed by atoms with van der Waals surface area (Å²) in [5.74, 6) is 0.589. The first kappa shape index (κ1) is 9.79. The lowest BCUT2D eigenvalue weighted by Gasteiger charge is -2.34. The van der Waals surface area contributed by atoms with Crippen LogP contribution >= 0.6 is 0 Å². The van der Waals surface area contributed by atoms with E-state index >= 15 is 0 Å². The number of methoxy groups -OCH3 is 1. The molecule has 1 nitrogen and oxygen atoms in total. The maximum atomic E-state index is 5.44. The van der Waals surface area contributed by atoms with Gasteiger partial charge in [0.1, 0.15) is 0 Å². The first-order valence-corrected chi connectivity index (χ1v) is 4.52. The summed E-state index contributed by atoms with van der Waals surface area (Å²) in [6, 6.07) is 0. The monoisotopic (exact) mass is 166 g/mol. The van der Waals surface area contributed by atoms with Crippen molar-refractivity contribution >= 4 is 0 Å². The van der Waals surface area contributed by atoms with Crippen LogP contribution in [0.2, 0.25) is 0 Å². The van der Waals surface area contributed by atoms with Crippen molar-refractivity contribution in [3.8, 4) is 0 Å². The largest absolute Gasteiger partial charge is 0.379 e. The minimum absolute atomic E-state index is 0.00972. The van der Waals surface area contributed by atoms with Crippen molar-refractivity contribution in [3.05, 3.63) is 18.1 Å². The third-order valence-corrected chi connectivity index (χ3v) is 2.85. The molecule has 0 N–H and O–H groups in total. The Morgan fingerprint density at radius 1 is 1.58 bits per heavy atom. The summed E-state index contributed by atoms with van der Waals surface area (Å²) in [4.78, 5) is 0. The van der Waals surface area contributed by atoms with E-state index in [0.717, 1.165) is 12.8 Å². The second-order valence-electron chi connectivity index (χ2n) is 4.01. The number of ether oxygens (including phenoxy) is 1. The van der Waals surface area contributed by atoms with Crippen LogP contribution in [0.5, 0.6) is 0 Å². The van der Waals surface area contributed by atoms with Crippen molar-refractivity contribution in [2.45, 2.75) is 39.2 Å². The van der Waals surface area contributed by atoms with Crippen molar-refractivity contribution in [2.75, 3.05) is 7.11 Å². The number of hydrogen-bond acceptors (Lipinski definition) is 1. The molecule has 0 bridgehead atoms. The average molecular weight is 166 g/mol. The van der Waals surface area contributed by atoms with E-state index in [9.17, 15) is 0 Å². The Morgan fingerprint density at radius 2 is 2.25 bits per heavy atom. The SMILES string of the molecule is COC(C)(C)[C@@H]1C[C]C(C)=CC1. The molecule has 0 aliphatic heterocycles. The van der Waals surface area contributed by atoms with Crippen LogP contribution < -0.4 is 0 Å². The summed E-state index contributed by atoms with van der Waals surface area (Å²) in [5.41, 5.74) is 1.28. The van der Waals surface area contributed by atoms with Crippen LogP contribution in [0.25, 0.3) is 0 Å². The molecule has 0 saturated heterocycles. The van der Waals surface area contributed by atoms with E-state index in [1.807, 2.05) is 0 Å². The van der Waals surface area contributed by atoms with Gasteiger partial charge in [0.2, 0.25) is 0 Å². The molecule has 1 atom stereocenters. The van der Waals surface area contributed by atoms with Crippen LogP contribution in [0.15, 0.2) is 11.6 Å². The summed E-state index contributed by atoms with van der Waals surface area (Å²) in [5, 5.41) is 0. The van der Waals surface area contributed by atoms with Crippen LogP contribution in [0.4, 0.5) is 0 Å². The first-order chi connectivity index (χ1) is 5.56. The maximum Gasteiger partial charge on any atom is 0.0654 e. The fourth-order valence-corrected chi connectivity index (χ4v) is 1.45. The van der Waals surface area contributed by atoms with Crippen molar-refractivity contribution < 1.29 is 4.74 Å². The summed E-state index contributed by atoms with van der Waals surface area (Å²) < 4.78 is 5.44. The fraction of sp³-hybridized carbons (Fsp3) is 0.727. The van der Waals surface area contributed by atoms with Crippen LogP contribution in [-0.2, 0) is 4.74 Å². The van der Waals surface area contributed by atoms with Gasteiger partial charge in [-0.15, -0.1) is 0 Å². The molecule has 68 valence electrons. The zero-order chi connectivity index (χ0) is 9.19. The Kier molecular flexibility index (Phi) is 2.94. The number of rotatable bonds is 2. The van der Waals surface area contributed by atoms with Gasteiger partial charge in [-0.25, -0.2) is 0 Å². The van der Waals surface area contributed by atoms with Crippen molar-refractivity contribution in [2.24, 2.45) is 5.92 Å². The Bertz CT molecular complexity index is 179. The molecule has 2 radical (unpaired) electrons. The molecule has 1 rings (SSSR count). The highest BCUT2D eigenvalue weighted by Gasteiger charge is 2.29. The summed E-state index contributed by atoms with van der Waals surface area (Å²) in [7, 11) is 1.78. The van der Waals surface area contributed by atoms with Crippen LogP contribution in [-0.4, -0.2) is 12.7 Å². The van der Waals surface area contributed by atoms with E-state index < -0.39 is 0 Å². The van der Waals surface area contributed by atoms with Gasteiger partial charge in [0.05, 0.1) is 5.60 Å². The molecule has 0 aromatic carbocycles. The summed E-state index contributed by atoms with van der Waals surface area (Å²) >= 11 is 0. The van der Waals surface area contributed by atoms with Crippen LogP contribution in [0, 0.1) is 12.3 Å². The van der Waals surface area contributed by atoms with E-state index in [2.05, 4.69) is 33.3 Å². The molecule has 0 unspecified atom stereocenters. The minimum Gasteiger partial charge on any atom is -0.379 e. The molecule has 0 aromatic heterocycles. The van der Waals surface area contributed by atoms with Gasteiger partial charge < -0.3 is 4.74 Å². The lowest BCUT2D eigenvalue weighted by Crippen LogP contribution is -2.34. The van der Waals surface area contributed by atoms with Crippen LogP contribution in [0.3, 0.4) is 0 Å². The molecule has 0 spiro atoms. The highest BCUT2D eigenvalue weighted by atomic mass is 16.5. The summed E-state index contributed by atoms with van der Waals surface area (Å²) in [6.07, 6.45) is 7.75. The predicted octanol–water partition coefficient (Wildman–Crippen LogP) is 2.85. The van der Waals surface area contributed by atoms with Gasteiger partial charge in [0.25, 0.3) is 0 Å². The second kappa shape index (κ2) is 3.61. The van der Waals surface area contributed by atoms with Gasteiger partial charge in [0.15, 0.2) is 0 Å². The molecule has 0 heterocycles. The Balaban J connectivity index is 2.56. The van der Waals surface area contributed by atoms with E-state index in [4.69, 9.17) is 4.74 Å². The van der Waals surface area contributed by atoms with Gasteiger partial charge in [-0.2, -0.15) is 0 Å². The van der Waals surface area contributed by atoms with Gasteiger partial charge in [-0.1, -0.05) is 11.6 Å². The van der Waals surface area contributed by atoms with Crippen molar-refractivity contribution in [3.63, 3.8) is 0 Å². The molecular formula is C11H18O. The van der Waals surface area contributed by atoms with Gasteiger partial charge in [-0.05, 0) is 39.5 Å². The highest BCUT2D eigenvalue weighted by Crippen LogP contribution is 2.32. The Hall–Kier alpha value is -0.300. The second-order valence-corrected chi connectivity index (χ2v) is 4.01. The molecule has 0 saturated carbocycles. The topological polar surface area (TPSA) is 9.23 Å². The molecule has 1 heteroatoms. The van der Waals surface area contributed by atoms with Gasteiger partial charge in [0, 0.05) is 13.5 Å². The quantitative estimate of drug-likeness (QED) is 0.613. The van der Waals surface area contributed by atoms with Gasteiger partial charge >= 0.3 is 0 Å². The molecule has 0 fully saturated rings. The molecule has 0 amide bonds. The van der Waals surface area contributed by atoms with Crippen molar-refractivity contribution in [1.29, 1.82) is 0 Å². The summed E-state index contributed by atoms with van der Waals surface area (Å²) in [6.45, 7) is 6.40. The molecule has 1 aliphatic carbocycles. The average Bonchev–Trinajstić information content (AvgIpc) is 2.05. The zero-order valence-corrected chi connectivity index (χ0v) is 8.48. The van der Waals surface area contributed by atoms with E-state index in [-0.39, 0.29) is 5.60 Å². The van der Waals surface area contributed by atoms with Crippen molar-refractivity contribution in [1.82, 2.24) is 0 Å². The maximum absolute atomic E-state index is 5.44. The lowest BCUT2D eigenvalue weighted by atomic mass is 9.80. The zero-order valence-electron chi connectivity index (χ0n) is 8.48. The molecular weight excluding hydrogens is 148 g/mol. The van der Waals surface area contributed by atoms with E-state index in [0.29, 0.717) is 5.92 Å². The van der Waals surface area contributed by atoms with Crippen LogP contribution in [0.1, 0.15) is 33.6 Å². The smallest absolute Gasteiger partial charge is 0.0654 e. The minimum atomic E-state index is -0.00972. The molecule has 1 aliphatic rings. The number of hydrogen-bond donors (Lipinski definition) is 0. The van der Waals surface area contributed by atoms with Gasteiger partial charge in [-0.3, -0.25) is 0 Å². The molecule has 0 aromatic rings. The highest BCUT2D eigenvalue weighted by molar-refractivity contribution is 5.15. The Morgan fingerprint density at radius 3 is 2.67 bits per heavy atom. The first-order valence-electron chi connectivity index (χ1n) is 4.52.